The molecule has 2 N–H and O–H groups in total. The molecule has 0 heterocycles. The molecule has 3 rings (SSSR count). The fourth-order valence-electron chi connectivity index (χ4n) is 4.32. The molecule has 2 bridgehead atoms. The molecule has 0 aromatic rings. The molecule has 0 aromatic heterocycles. The zero-order valence-electron chi connectivity index (χ0n) is 8.91. The second kappa shape index (κ2) is 2.76. The molecule has 0 amide bonds. The molecule has 3 unspecified atom stereocenters. The molecule has 84 valence electrons. The summed E-state index contributed by atoms with van der Waals surface area (Å²) >= 11 is 0. The van der Waals surface area contributed by atoms with Gasteiger partial charge in [0.05, 0.1) is 11.0 Å². The summed E-state index contributed by atoms with van der Waals surface area (Å²) < 4.78 is 0. The minimum Gasteiger partial charge on any atom is -0.481 e. The van der Waals surface area contributed by atoms with Crippen LogP contribution in [0.15, 0.2) is 0 Å². The second-order valence-electron chi connectivity index (χ2n) is 5.74. The van der Waals surface area contributed by atoms with Gasteiger partial charge >= 0.3 is 5.97 Å². The van der Waals surface area contributed by atoms with Gasteiger partial charge in [-0.3, -0.25) is 4.79 Å². The van der Waals surface area contributed by atoms with E-state index in [1.165, 1.54) is 6.42 Å². The molecule has 0 spiro atoms. The summed E-state index contributed by atoms with van der Waals surface area (Å²) in [7, 11) is 0. The maximum Gasteiger partial charge on any atom is 0.312 e. The molecule has 3 saturated carbocycles. The summed E-state index contributed by atoms with van der Waals surface area (Å²) in [6, 6.07) is 0. The molecule has 0 aromatic carbocycles. The highest BCUT2D eigenvalue weighted by atomic mass is 16.4. The molecule has 3 nitrogen and oxygen atoms in total. The first kappa shape index (κ1) is 9.64. The molecule has 3 heteroatoms. The van der Waals surface area contributed by atoms with Gasteiger partial charge in [0, 0.05) is 0 Å². The molecule has 0 saturated heterocycles. The average Bonchev–Trinajstić information content (AvgIpc) is 2.73. The Morgan fingerprint density at radius 2 is 2.00 bits per heavy atom. The molecule has 0 aliphatic heterocycles. The van der Waals surface area contributed by atoms with E-state index < -0.39 is 17.0 Å². The van der Waals surface area contributed by atoms with E-state index >= 15 is 0 Å². The van der Waals surface area contributed by atoms with Crippen LogP contribution in [0, 0.1) is 17.3 Å². The van der Waals surface area contributed by atoms with Gasteiger partial charge in [0.2, 0.25) is 0 Å². The lowest BCUT2D eigenvalue weighted by molar-refractivity contribution is -0.196. The van der Waals surface area contributed by atoms with Crippen LogP contribution >= 0.6 is 0 Å². The molecule has 3 aliphatic carbocycles. The highest BCUT2D eigenvalue weighted by Gasteiger charge is 2.67. The van der Waals surface area contributed by atoms with E-state index in [-0.39, 0.29) is 5.92 Å². The highest BCUT2D eigenvalue weighted by molar-refractivity contribution is 5.78. The van der Waals surface area contributed by atoms with Gasteiger partial charge in [-0.15, -0.1) is 0 Å². The van der Waals surface area contributed by atoms with Gasteiger partial charge in [-0.2, -0.15) is 0 Å². The van der Waals surface area contributed by atoms with Gasteiger partial charge in [0.1, 0.15) is 0 Å². The molecule has 0 radical (unpaired) electrons. The lowest BCUT2D eigenvalue weighted by atomic mass is 9.55. The van der Waals surface area contributed by atoms with Gasteiger partial charge < -0.3 is 10.2 Å². The van der Waals surface area contributed by atoms with Crippen molar-refractivity contribution in [3.63, 3.8) is 0 Å². The maximum atomic E-state index is 11.6. The standard InChI is InChI=1S/C12H18O3/c13-10(14)12(11(15)4-1-5-11)7-8-2-3-9(12)6-8/h8-9,15H,1-7H2,(H,13,14). The van der Waals surface area contributed by atoms with Crippen LogP contribution in [0.5, 0.6) is 0 Å². The Morgan fingerprint density at radius 3 is 2.33 bits per heavy atom. The quantitative estimate of drug-likeness (QED) is 0.730. The summed E-state index contributed by atoms with van der Waals surface area (Å²) in [5.74, 6) is 0.0675. The normalized spacial score (nSPS) is 46.5. The lowest BCUT2D eigenvalue weighted by Gasteiger charge is -2.52. The molecule has 3 fully saturated rings. The number of rotatable bonds is 2. The van der Waals surface area contributed by atoms with Gasteiger partial charge in [-0.25, -0.2) is 0 Å². The molecular weight excluding hydrogens is 192 g/mol. The molecule has 3 atom stereocenters. The number of hydrogen-bond donors (Lipinski definition) is 2. The van der Waals surface area contributed by atoms with Crippen molar-refractivity contribution in [3.8, 4) is 0 Å². The van der Waals surface area contributed by atoms with Crippen LogP contribution in [0.2, 0.25) is 0 Å². The minimum absolute atomic E-state index is 0.241. The van der Waals surface area contributed by atoms with Crippen molar-refractivity contribution in [1.82, 2.24) is 0 Å². The van der Waals surface area contributed by atoms with Crippen molar-refractivity contribution in [2.75, 3.05) is 0 Å². The summed E-state index contributed by atoms with van der Waals surface area (Å²) in [6.07, 6.45) is 6.33. The second-order valence-corrected chi connectivity index (χ2v) is 5.74. The van der Waals surface area contributed by atoms with Crippen LogP contribution in [-0.4, -0.2) is 21.8 Å². The van der Waals surface area contributed by atoms with Crippen LogP contribution in [0.1, 0.15) is 44.9 Å². The Labute approximate surface area is 89.5 Å². The third kappa shape index (κ3) is 0.975. The van der Waals surface area contributed by atoms with Crippen molar-refractivity contribution in [1.29, 1.82) is 0 Å². The monoisotopic (exact) mass is 210 g/mol. The predicted molar refractivity (Wildman–Crippen MR) is 54.3 cm³/mol. The first-order chi connectivity index (χ1) is 7.08. The van der Waals surface area contributed by atoms with E-state index in [2.05, 4.69) is 0 Å². The zero-order chi connectivity index (χ0) is 10.7. The number of carbonyl (C=O) groups is 1. The summed E-state index contributed by atoms with van der Waals surface area (Å²) in [5.41, 5.74) is -1.66. The Hall–Kier alpha value is -0.570. The number of aliphatic carboxylic acids is 1. The van der Waals surface area contributed by atoms with Crippen LogP contribution in [0.4, 0.5) is 0 Å². The molecular formula is C12H18O3. The first-order valence-corrected chi connectivity index (χ1v) is 6.04. The van der Waals surface area contributed by atoms with E-state index in [4.69, 9.17) is 0 Å². The topological polar surface area (TPSA) is 57.5 Å². The Kier molecular flexibility index (Phi) is 1.77. The lowest BCUT2D eigenvalue weighted by Crippen LogP contribution is -2.59. The highest BCUT2D eigenvalue weighted by Crippen LogP contribution is 2.64. The predicted octanol–water partition coefficient (Wildman–Crippen LogP) is 1.79. The smallest absolute Gasteiger partial charge is 0.312 e. The zero-order valence-corrected chi connectivity index (χ0v) is 8.91. The Morgan fingerprint density at radius 1 is 1.27 bits per heavy atom. The molecule has 15 heavy (non-hydrogen) atoms. The SMILES string of the molecule is O=C(O)C1(C2(O)CCC2)CC2CCC1C2. The fourth-order valence-corrected chi connectivity index (χ4v) is 4.32. The number of fused-ring (bicyclic) bond motifs is 2. The number of hydrogen-bond acceptors (Lipinski definition) is 2. The Bertz CT molecular complexity index is 308. The summed E-state index contributed by atoms with van der Waals surface area (Å²) in [4.78, 5) is 11.6. The maximum absolute atomic E-state index is 11.6. The summed E-state index contributed by atoms with van der Waals surface area (Å²) in [6.45, 7) is 0. The largest absolute Gasteiger partial charge is 0.481 e. The van der Waals surface area contributed by atoms with Crippen LogP contribution in [-0.2, 0) is 4.79 Å². The molecule has 3 aliphatic rings. The van der Waals surface area contributed by atoms with Crippen molar-refractivity contribution >= 4 is 5.97 Å². The van der Waals surface area contributed by atoms with E-state index in [0.717, 1.165) is 25.7 Å². The van der Waals surface area contributed by atoms with Crippen LogP contribution < -0.4 is 0 Å². The van der Waals surface area contributed by atoms with Gasteiger partial charge in [-0.1, -0.05) is 6.42 Å². The number of carboxylic acid groups (broad SMARTS) is 1. The first-order valence-electron chi connectivity index (χ1n) is 6.04. The van der Waals surface area contributed by atoms with Crippen molar-refractivity contribution in [3.05, 3.63) is 0 Å². The van der Waals surface area contributed by atoms with Crippen molar-refractivity contribution < 1.29 is 15.0 Å². The Balaban J connectivity index is 2.00. The third-order valence-electron chi connectivity index (χ3n) is 5.24. The third-order valence-corrected chi connectivity index (χ3v) is 5.24. The van der Waals surface area contributed by atoms with Crippen LogP contribution in [0.3, 0.4) is 0 Å². The van der Waals surface area contributed by atoms with Crippen molar-refractivity contribution in [2.24, 2.45) is 17.3 Å². The van der Waals surface area contributed by atoms with Crippen LogP contribution in [0.25, 0.3) is 0 Å². The average molecular weight is 210 g/mol. The number of aliphatic hydroxyl groups is 1. The number of carboxylic acids is 1. The summed E-state index contributed by atoms with van der Waals surface area (Å²) in [5, 5.41) is 20.0. The van der Waals surface area contributed by atoms with Gasteiger partial charge in [0.25, 0.3) is 0 Å². The van der Waals surface area contributed by atoms with Crippen molar-refractivity contribution in [2.45, 2.75) is 50.5 Å². The van der Waals surface area contributed by atoms with E-state index in [0.29, 0.717) is 18.8 Å². The van der Waals surface area contributed by atoms with E-state index in [9.17, 15) is 15.0 Å². The van der Waals surface area contributed by atoms with Gasteiger partial charge in [-0.05, 0) is 50.4 Å². The van der Waals surface area contributed by atoms with E-state index in [1.807, 2.05) is 0 Å². The fraction of sp³-hybridized carbons (Fsp3) is 0.917. The minimum atomic E-state index is -0.876. The van der Waals surface area contributed by atoms with Gasteiger partial charge in [0.15, 0.2) is 0 Å². The van der Waals surface area contributed by atoms with E-state index in [1.54, 1.807) is 0 Å².